The van der Waals surface area contributed by atoms with E-state index in [0.29, 0.717) is 0 Å². The first-order valence-electron chi connectivity index (χ1n) is 11.6. The highest BCUT2D eigenvalue weighted by Crippen LogP contribution is 2.59. The van der Waals surface area contributed by atoms with Gasteiger partial charge in [-0.1, -0.05) is 90.5 Å². The summed E-state index contributed by atoms with van der Waals surface area (Å²) in [5, 5.41) is -13.6. The number of halogens is 10. The molecule has 0 saturated carbocycles. The molecule has 0 unspecified atom stereocenters. The van der Waals surface area contributed by atoms with E-state index in [2.05, 4.69) is 11.6 Å². The molecule has 0 bridgehead atoms. The van der Waals surface area contributed by atoms with Crippen LogP contribution in [-0.2, 0) is 14.6 Å². The number of carbonyl (C=O) groups excluding carboxylic acids is 1. The second-order valence-electron chi connectivity index (χ2n) is 8.99. The number of ether oxygens (including phenoxy) is 1. The van der Waals surface area contributed by atoms with Crippen molar-refractivity contribution in [2.24, 2.45) is 0 Å². The van der Waals surface area contributed by atoms with Crippen LogP contribution < -0.4 is 0 Å². The molecule has 1 aliphatic rings. The van der Waals surface area contributed by atoms with E-state index >= 15 is 8.78 Å². The Bertz CT molecular complexity index is 1630. The van der Waals surface area contributed by atoms with Gasteiger partial charge in [0, 0.05) is 16.1 Å². The van der Waals surface area contributed by atoms with Crippen molar-refractivity contribution in [2.75, 3.05) is 0 Å². The third kappa shape index (κ3) is 4.94. The van der Waals surface area contributed by atoms with Gasteiger partial charge in [-0.25, -0.2) is 8.42 Å². The highest BCUT2D eigenvalue weighted by Gasteiger charge is 2.85. The number of rotatable bonds is 9. The zero-order valence-electron chi connectivity index (χ0n) is 20.6. The minimum atomic E-state index is -7.27. The maximum Gasteiger partial charge on any atom is 0.417 e. The third-order valence-electron chi connectivity index (χ3n) is 6.39. The van der Waals surface area contributed by atoms with Crippen molar-refractivity contribution in [1.82, 2.24) is 0 Å². The molecular formula is C27H16Cl2F8O4S. The van der Waals surface area contributed by atoms with E-state index < -0.39 is 66.4 Å². The zero-order valence-corrected chi connectivity index (χ0v) is 22.9. The van der Waals surface area contributed by atoms with Crippen LogP contribution >= 0.6 is 23.2 Å². The fraction of sp³-hybridized carbons (Fsp3) is 0.222. The summed E-state index contributed by atoms with van der Waals surface area (Å²) in [6, 6.07) is 17.8. The molecule has 0 N–H and O–H groups in total. The standard InChI is InChI=1S/C27H16Cl2F8O4S/c28-18-14-8-7-13-17(18)19-22(20(38)15-9-3-1-4-10-15)41-21(16-11-5-2-6-12-16)23(19)42(39,40)27(36,37)25(32,33)24(30,31)26(29,34)35/h1-14,19,22H/t19-,22+/m0/s1. The van der Waals surface area contributed by atoms with Gasteiger partial charge in [0.1, 0.15) is 10.7 Å². The number of alkyl halides is 9. The van der Waals surface area contributed by atoms with Crippen LogP contribution in [0.25, 0.3) is 5.76 Å². The Kier molecular flexibility index (Phi) is 8.20. The summed E-state index contributed by atoms with van der Waals surface area (Å²) in [5.74, 6) is -18.7. The molecule has 1 heterocycles. The molecule has 4 rings (SSSR count). The van der Waals surface area contributed by atoms with E-state index in [1.54, 1.807) is 0 Å². The minimum Gasteiger partial charge on any atom is -0.480 e. The van der Waals surface area contributed by atoms with Crippen molar-refractivity contribution in [3.8, 4) is 0 Å². The summed E-state index contributed by atoms with van der Waals surface area (Å²) in [6.45, 7) is 0. The number of sulfone groups is 1. The molecule has 0 saturated heterocycles. The van der Waals surface area contributed by atoms with Gasteiger partial charge in [0.2, 0.25) is 5.78 Å². The van der Waals surface area contributed by atoms with Crippen molar-refractivity contribution >= 4 is 44.6 Å². The molecule has 3 aromatic carbocycles. The van der Waals surface area contributed by atoms with E-state index in [9.17, 15) is 39.6 Å². The SMILES string of the molecule is O=C(c1ccccc1)[C@@H]1OC(c2ccccc2)=C(S(=O)(=O)C(F)(F)C(F)(F)C(F)(F)C(F)(F)Cl)[C@H]1c1ccccc1Cl. The highest BCUT2D eigenvalue weighted by molar-refractivity contribution is 7.96. The molecule has 224 valence electrons. The lowest BCUT2D eigenvalue weighted by Gasteiger charge is -2.34. The van der Waals surface area contributed by atoms with E-state index in [0.717, 1.165) is 24.3 Å². The van der Waals surface area contributed by atoms with Crippen LogP contribution in [0.15, 0.2) is 89.8 Å². The van der Waals surface area contributed by atoms with Crippen LogP contribution in [0.1, 0.15) is 27.4 Å². The topological polar surface area (TPSA) is 60.4 Å². The maximum absolute atomic E-state index is 15.4. The lowest BCUT2D eigenvalue weighted by molar-refractivity contribution is -0.326. The molecule has 4 nitrogen and oxygen atoms in total. The van der Waals surface area contributed by atoms with Gasteiger partial charge < -0.3 is 4.74 Å². The molecule has 0 fully saturated rings. The Morgan fingerprint density at radius 3 is 1.76 bits per heavy atom. The predicted molar refractivity (Wildman–Crippen MR) is 138 cm³/mol. The molecule has 2 atom stereocenters. The number of benzene rings is 3. The van der Waals surface area contributed by atoms with Crippen molar-refractivity contribution in [3.05, 3.63) is 112 Å². The second kappa shape index (κ2) is 10.8. The largest absolute Gasteiger partial charge is 0.480 e. The van der Waals surface area contributed by atoms with Gasteiger partial charge in [0.25, 0.3) is 9.84 Å². The van der Waals surface area contributed by atoms with E-state index in [4.69, 9.17) is 16.3 Å². The lowest BCUT2D eigenvalue weighted by Crippen LogP contribution is -2.63. The van der Waals surface area contributed by atoms with Crippen molar-refractivity contribution in [2.45, 2.75) is 34.5 Å². The van der Waals surface area contributed by atoms with Crippen LogP contribution in [0.3, 0.4) is 0 Å². The number of Topliss-reactive ketones (excluding diaryl/α,β-unsaturated/α-hetero) is 1. The van der Waals surface area contributed by atoms with Gasteiger partial charge in [-0.15, -0.1) is 0 Å². The summed E-state index contributed by atoms with van der Waals surface area (Å²) in [7, 11) is -7.11. The van der Waals surface area contributed by atoms with Gasteiger partial charge in [0.15, 0.2) is 6.10 Å². The Labute approximate surface area is 243 Å². The lowest BCUT2D eigenvalue weighted by atomic mass is 9.89. The van der Waals surface area contributed by atoms with Gasteiger partial charge >= 0.3 is 22.5 Å². The molecule has 0 aromatic heterocycles. The maximum atomic E-state index is 15.4. The first kappa shape index (κ1) is 31.8. The molecule has 0 spiro atoms. The summed E-state index contributed by atoms with van der Waals surface area (Å²) < 4.78 is 147. The van der Waals surface area contributed by atoms with Crippen LogP contribution in [0, 0.1) is 0 Å². The van der Waals surface area contributed by atoms with E-state index in [1.165, 1.54) is 60.7 Å². The fourth-order valence-electron chi connectivity index (χ4n) is 4.29. The van der Waals surface area contributed by atoms with Gasteiger partial charge in [0.05, 0.1) is 5.92 Å². The Balaban J connectivity index is 2.06. The number of hydrogen-bond donors (Lipinski definition) is 0. The van der Waals surface area contributed by atoms with Crippen LogP contribution in [0.2, 0.25) is 5.02 Å². The average Bonchev–Trinajstić information content (AvgIpc) is 3.34. The molecular weight excluding hydrogens is 643 g/mol. The Hall–Kier alpha value is -3.16. The molecule has 3 aromatic rings. The fourth-order valence-corrected chi connectivity index (χ4v) is 6.40. The minimum absolute atomic E-state index is 0.129. The number of hydrogen-bond acceptors (Lipinski definition) is 4. The van der Waals surface area contributed by atoms with Gasteiger partial charge in [-0.05, 0) is 23.2 Å². The molecule has 0 radical (unpaired) electrons. The van der Waals surface area contributed by atoms with Gasteiger partial charge in [-0.2, -0.15) is 35.1 Å². The normalized spacial score (nSPS) is 18.6. The molecule has 1 aliphatic heterocycles. The van der Waals surface area contributed by atoms with Crippen molar-refractivity contribution in [3.63, 3.8) is 0 Å². The molecule has 0 aliphatic carbocycles. The number of carbonyl (C=O) groups is 1. The van der Waals surface area contributed by atoms with Crippen molar-refractivity contribution < 1.29 is 53.1 Å². The quantitative estimate of drug-likeness (QED) is 0.132. The first-order chi connectivity index (χ1) is 19.4. The number of ketones is 1. The Morgan fingerprint density at radius 1 is 0.738 bits per heavy atom. The van der Waals surface area contributed by atoms with Crippen LogP contribution in [0.4, 0.5) is 35.1 Å². The monoisotopic (exact) mass is 658 g/mol. The average molecular weight is 659 g/mol. The third-order valence-corrected chi connectivity index (χ3v) is 8.92. The Morgan fingerprint density at radius 2 is 1.24 bits per heavy atom. The van der Waals surface area contributed by atoms with E-state index in [1.807, 2.05) is 0 Å². The van der Waals surface area contributed by atoms with Crippen molar-refractivity contribution in [1.29, 1.82) is 0 Å². The smallest absolute Gasteiger partial charge is 0.417 e. The van der Waals surface area contributed by atoms with Gasteiger partial charge in [-0.3, -0.25) is 4.79 Å². The van der Waals surface area contributed by atoms with Crippen LogP contribution in [0.5, 0.6) is 0 Å². The molecule has 42 heavy (non-hydrogen) atoms. The summed E-state index contributed by atoms with van der Waals surface area (Å²) >= 11 is 10.2. The zero-order chi connectivity index (χ0) is 31.3. The predicted octanol–water partition coefficient (Wildman–Crippen LogP) is 8.18. The second-order valence-corrected chi connectivity index (χ2v) is 11.8. The summed E-state index contributed by atoms with van der Waals surface area (Å²) in [6.07, 6.45) is -2.06. The first-order valence-corrected chi connectivity index (χ1v) is 13.9. The van der Waals surface area contributed by atoms with Crippen LogP contribution in [-0.4, -0.2) is 42.8 Å². The highest BCUT2D eigenvalue weighted by atomic mass is 35.5. The summed E-state index contributed by atoms with van der Waals surface area (Å²) in [4.78, 5) is 11.8. The summed E-state index contributed by atoms with van der Waals surface area (Å²) in [5.41, 5.74) is -0.868. The molecule has 0 amide bonds. The van der Waals surface area contributed by atoms with E-state index in [-0.39, 0.29) is 16.1 Å². The molecule has 15 heteroatoms.